The van der Waals surface area contributed by atoms with E-state index in [9.17, 15) is 4.79 Å². The predicted octanol–water partition coefficient (Wildman–Crippen LogP) is 1.31. The van der Waals surface area contributed by atoms with E-state index in [1.165, 1.54) is 0 Å². The minimum atomic E-state index is -1.02. The van der Waals surface area contributed by atoms with E-state index in [0.717, 1.165) is 16.7 Å². The number of hydrogen-bond acceptors (Lipinski definition) is 3. The van der Waals surface area contributed by atoms with Crippen LogP contribution < -0.4 is 5.73 Å². The number of H-pyrrole nitrogens is 1. The van der Waals surface area contributed by atoms with Crippen LogP contribution in [-0.4, -0.2) is 31.7 Å². The quantitative estimate of drug-likeness (QED) is 0.665. The Labute approximate surface area is 114 Å². The number of carboxylic acids is 1. The van der Waals surface area contributed by atoms with Crippen molar-refractivity contribution in [3.8, 4) is 5.82 Å². The fourth-order valence-corrected chi connectivity index (χ4v) is 2.11. The van der Waals surface area contributed by atoms with Gasteiger partial charge in [0.05, 0.1) is 5.69 Å². The molecule has 102 valence electrons. The number of hydrogen-bond donors (Lipinski definition) is 3. The number of nitrogens with two attached hydrogens (primary N) is 1. The van der Waals surface area contributed by atoms with Crippen molar-refractivity contribution < 1.29 is 9.90 Å². The highest BCUT2D eigenvalue weighted by Gasteiger charge is 2.14. The number of nitrogens with one attached hydrogen (secondary N) is 1. The lowest BCUT2D eigenvalue weighted by Crippen LogP contribution is -2.32. The number of fused-ring (bicyclic) bond motifs is 1. The minimum Gasteiger partial charge on any atom is -0.480 e. The van der Waals surface area contributed by atoms with Crippen LogP contribution in [0, 0.1) is 0 Å². The van der Waals surface area contributed by atoms with Gasteiger partial charge in [0.15, 0.2) is 0 Å². The summed E-state index contributed by atoms with van der Waals surface area (Å²) in [5, 5.41) is 9.91. The minimum absolute atomic E-state index is 0.211. The molecule has 0 saturated heterocycles. The third kappa shape index (κ3) is 2.28. The monoisotopic (exact) mass is 270 g/mol. The van der Waals surface area contributed by atoms with Crippen molar-refractivity contribution in [1.29, 1.82) is 0 Å². The number of aromatic nitrogens is 3. The molecule has 2 heterocycles. The average molecular weight is 270 g/mol. The Hall–Kier alpha value is -2.60. The Morgan fingerprint density at radius 1 is 1.45 bits per heavy atom. The van der Waals surface area contributed by atoms with Gasteiger partial charge in [-0.3, -0.25) is 9.36 Å². The van der Waals surface area contributed by atoms with Gasteiger partial charge in [-0.25, -0.2) is 4.98 Å². The van der Waals surface area contributed by atoms with Crippen LogP contribution in [0.2, 0.25) is 0 Å². The van der Waals surface area contributed by atoms with Crippen molar-refractivity contribution in [1.82, 2.24) is 14.5 Å². The Bertz CT molecular complexity index is 726. The van der Waals surface area contributed by atoms with Crippen molar-refractivity contribution >= 4 is 16.9 Å². The van der Waals surface area contributed by atoms with Crippen LogP contribution in [0.15, 0.2) is 42.9 Å². The van der Waals surface area contributed by atoms with Crippen LogP contribution in [0.5, 0.6) is 0 Å². The number of aromatic amines is 1. The highest BCUT2D eigenvalue weighted by Crippen LogP contribution is 2.18. The molecule has 0 unspecified atom stereocenters. The maximum atomic E-state index is 10.7. The van der Waals surface area contributed by atoms with Gasteiger partial charge in [-0.1, -0.05) is 18.2 Å². The zero-order valence-electron chi connectivity index (χ0n) is 10.7. The molecular weight excluding hydrogens is 256 g/mol. The largest absolute Gasteiger partial charge is 0.480 e. The molecule has 0 fully saturated rings. The lowest BCUT2D eigenvalue weighted by Gasteiger charge is -2.02. The molecule has 6 nitrogen and oxygen atoms in total. The average Bonchev–Trinajstić information content (AvgIpc) is 3.03. The number of rotatable bonds is 4. The van der Waals surface area contributed by atoms with Gasteiger partial charge < -0.3 is 15.8 Å². The molecule has 0 aliphatic rings. The van der Waals surface area contributed by atoms with Gasteiger partial charge >= 0.3 is 5.97 Å². The zero-order valence-corrected chi connectivity index (χ0v) is 10.7. The van der Waals surface area contributed by atoms with Crippen LogP contribution in [0.4, 0.5) is 0 Å². The molecule has 0 amide bonds. The normalized spacial score (nSPS) is 12.7. The molecule has 0 aliphatic carbocycles. The van der Waals surface area contributed by atoms with Crippen LogP contribution in [0.25, 0.3) is 16.7 Å². The summed E-state index contributed by atoms with van der Waals surface area (Å²) in [4.78, 5) is 18.2. The summed E-state index contributed by atoms with van der Waals surface area (Å²) in [6.07, 6.45) is 3.64. The van der Waals surface area contributed by atoms with Crippen LogP contribution in [0.3, 0.4) is 0 Å². The molecule has 20 heavy (non-hydrogen) atoms. The van der Waals surface area contributed by atoms with Crippen molar-refractivity contribution in [3.05, 3.63) is 48.5 Å². The van der Waals surface area contributed by atoms with Gasteiger partial charge in [0.1, 0.15) is 18.2 Å². The first-order valence-electron chi connectivity index (χ1n) is 6.23. The van der Waals surface area contributed by atoms with Crippen LogP contribution in [-0.2, 0) is 11.2 Å². The Morgan fingerprint density at radius 2 is 2.25 bits per heavy atom. The number of benzene rings is 1. The van der Waals surface area contributed by atoms with E-state index < -0.39 is 12.0 Å². The standard InChI is InChI=1S/C14H14N4O2/c15-11(14(19)20)6-10-7-18(8-16-10)13-5-9-3-1-2-4-12(9)17-13/h1-5,7-8,11,17H,6,15H2,(H,19,20)/t11-/m0/s1. The van der Waals surface area contributed by atoms with Crippen molar-refractivity contribution in [2.45, 2.75) is 12.5 Å². The Kier molecular flexibility index (Phi) is 3.00. The fourth-order valence-electron chi connectivity index (χ4n) is 2.11. The molecule has 4 N–H and O–H groups in total. The summed E-state index contributed by atoms with van der Waals surface area (Å²) in [6, 6.07) is 9.04. The molecule has 0 saturated carbocycles. The summed E-state index contributed by atoms with van der Waals surface area (Å²) in [7, 11) is 0. The number of nitrogens with zero attached hydrogens (tertiary/aromatic N) is 2. The molecule has 3 aromatic rings. The molecule has 1 atom stereocenters. The van der Waals surface area contributed by atoms with E-state index in [-0.39, 0.29) is 6.42 Å². The summed E-state index contributed by atoms with van der Waals surface area (Å²) < 4.78 is 1.82. The maximum absolute atomic E-state index is 10.7. The second kappa shape index (κ2) is 4.82. The van der Waals surface area contributed by atoms with Gasteiger partial charge in [0.2, 0.25) is 0 Å². The first kappa shape index (κ1) is 12.4. The first-order chi connectivity index (χ1) is 9.63. The second-order valence-electron chi connectivity index (χ2n) is 4.66. The van der Waals surface area contributed by atoms with E-state index in [4.69, 9.17) is 10.8 Å². The van der Waals surface area contributed by atoms with Gasteiger partial charge in [-0.05, 0) is 12.1 Å². The third-order valence-electron chi connectivity index (χ3n) is 3.18. The van der Waals surface area contributed by atoms with Crippen LogP contribution in [0.1, 0.15) is 5.69 Å². The molecule has 2 aromatic heterocycles. The van der Waals surface area contributed by atoms with Crippen LogP contribution >= 0.6 is 0 Å². The Balaban J connectivity index is 1.87. The van der Waals surface area contributed by atoms with E-state index in [1.807, 2.05) is 34.9 Å². The van der Waals surface area contributed by atoms with E-state index in [2.05, 4.69) is 9.97 Å². The Morgan fingerprint density at radius 3 is 3.00 bits per heavy atom. The lowest BCUT2D eigenvalue weighted by molar-refractivity contribution is -0.138. The van der Waals surface area contributed by atoms with Gasteiger partial charge in [0.25, 0.3) is 0 Å². The number of imidazole rings is 1. The summed E-state index contributed by atoms with van der Waals surface area (Å²) in [5.41, 5.74) is 7.19. The fraction of sp³-hybridized carbons (Fsp3) is 0.143. The molecule has 0 aliphatic heterocycles. The highest BCUT2D eigenvalue weighted by molar-refractivity contribution is 5.82. The zero-order chi connectivity index (χ0) is 14.1. The van der Waals surface area contributed by atoms with E-state index in [1.54, 1.807) is 12.5 Å². The molecule has 1 aromatic carbocycles. The molecule has 0 bridgehead atoms. The van der Waals surface area contributed by atoms with Gasteiger partial charge in [0, 0.05) is 23.5 Å². The number of carbonyl (C=O) groups is 1. The number of aliphatic carboxylic acids is 1. The highest BCUT2D eigenvalue weighted by atomic mass is 16.4. The summed E-state index contributed by atoms with van der Waals surface area (Å²) in [6.45, 7) is 0. The van der Waals surface area contributed by atoms with Crippen molar-refractivity contribution in [3.63, 3.8) is 0 Å². The lowest BCUT2D eigenvalue weighted by atomic mass is 10.2. The maximum Gasteiger partial charge on any atom is 0.320 e. The molecular formula is C14H14N4O2. The van der Waals surface area contributed by atoms with E-state index >= 15 is 0 Å². The predicted molar refractivity (Wildman–Crippen MR) is 74.7 cm³/mol. The molecule has 6 heteroatoms. The van der Waals surface area contributed by atoms with Crippen molar-refractivity contribution in [2.24, 2.45) is 5.73 Å². The van der Waals surface area contributed by atoms with Gasteiger partial charge in [-0.2, -0.15) is 0 Å². The smallest absolute Gasteiger partial charge is 0.320 e. The third-order valence-corrected chi connectivity index (χ3v) is 3.18. The first-order valence-corrected chi connectivity index (χ1v) is 6.23. The van der Waals surface area contributed by atoms with Crippen molar-refractivity contribution in [2.75, 3.05) is 0 Å². The molecule has 3 rings (SSSR count). The molecule has 0 spiro atoms. The summed E-state index contributed by atoms with van der Waals surface area (Å²) in [5.74, 6) is -0.140. The number of para-hydroxylation sites is 1. The number of carboxylic acid groups (broad SMARTS) is 1. The van der Waals surface area contributed by atoms with Gasteiger partial charge in [-0.15, -0.1) is 0 Å². The second-order valence-corrected chi connectivity index (χ2v) is 4.66. The SMILES string of the molecule is N[C@@H](Cc1cn(-c2cc3ccccc3[nH]2)cn1)C(=O)O. The summed E-state index contributed by atoms with van der Waals surface area (Å²) >= 11 is 0. The topological polar surface area (TPSA) is 96.9 Å². The molecule has 0 radical (unpaired) electrons. The van der Waals surface area contributed by atoms with E-state index in [0.29, 0.717) is 5.69 Å².